The van der Waals surface area contributed by atoms with Gasteiger partial charge in [0.2, 0.25) is 0 Å². The summed E-state index contributed by atoms with van der Waals surface area (Å²) in [7, 11) is -5.12. The van der Waals surface area contributed by atoms with Gasteiger partial charge in [-0.05, 0) is 12.8 Å². The third kappa shape index (κ3) is 40.7. The van der Waals surface area contributed by atoms with Gasteiger partial charge in [-0.15, -0.1) is 0 Å². The number of rotatable bonds is 54. The van der Waals surface area contributed by atoms with E-state index in [1.165, 1.54) is 231 Å². The molecule has 0 aromatic carbocycles. The van der Waals surface area contributed by atoms with E-state index in [0.717, 1.165) is 38.5 Å². The molecule has 14 heteroatoms. The molecular formula is C59H115O13P. The van der Waals surface area contributed by atoms with E-state index in [0.29, 0.717) is 12.8 Å². The molecule has 0 bridgehead atoms. The second-order valence-electron chi connectivity index (χ2n) is 21.9. The Kier molecular flexibility index (Phi) is 47.1. The molecule has 0 amide bonds. The molecule has 1 fully saturated rings. The van der Waals surface area contributed by atoms with Crippen molar-refractivity contribution in [3.8, 4) is 0 Å². The molecule has 0 spiro atoms. The van der Waals surface area contributed by atoms with Crippen LogP contribution in [0.15, 0.2) is 0 Å². The van der Waals surface area contributed by atoms with E-state index in [1.807, 2.05) is 0 Å². The first-order chi connectivity index (χ1) is 35.4. The van der Waals surface area contributed by atoms with E-state index < -0.39 is 75.7 Å². The summed E-state index contributed by atoms with van der Waals surface area (Å²) in [5.74, 6) is -1.07. The number of hydrogen-bond donors (Lipinski definition) is 6. The lowest BCUT2D eigenvalue weighted by Gasteiger charge is -2.41. The van der Waals surface area contributed by atoms with Gasteiger partial charge in [0, 0.05) is 12.8 Å². The summed E-state index contributed by atoms with van der Waals surface area (Å²) in [6.07, 6.45) is 43.0. The van der Waals surface area contributed by atoms with Crippen LogP contribution >= 0.6 is 7.82 Å². The first-order valence-electron chi connectivity index (χ1n) is 30.8. The highest BCUT2D eigenvalue weighted by molar-refractivity contribution is 7.47. The molecule has 1 aliphatic rings. The van der Waals surface area contributed by atoms with Crippen LogP contribution < -0.4 is 0 Å². The Morgan fingerprint density at radius 2 is 0.616 bits per heavy atom. The van der Waals surface area contributed by atoms with E-state index in [-0.39, 0.29) is 12.8 Å². The molecule has 13 nitrogen and oxygen atoms in total. The Morgan fingerprint density at radius 1 is 0.370 bits per heavy atom. The van der Waals surface area contributed by atoms with Crippen molar-refractivity contribution in [2.45, 2.75) is 352 Å². The summed E-state index contributed by atoms with van der Waals surface area (Å²) in [5.41, 5.74) is 0. The number of phosphoric acid groups is 1. The van der Waals surface area contributed by atoms with E-state index >= 15 is 0 Å². The van der Waals surface area contributed by atoms with Crippen molar-refractivity contribution in [3.05, 3.63) is 0 Å². The van der Waals surface area contributed by atoms with E-state index in [9.17, 15) is 44.6 Å². The monoisotopic (exact) mass is 1060 g/mol. The highest BCUT2D eigenvalue weighted by Crippen LogP contribution is 2.47. The summed E-state index contributed by atoms with van der Waals surface area (Å²) in [6, 6.07) is 0. The third-order valence-electron chi connectivity index (χ3n) is 14.9. The van der Waals surface area contributed by atoms with Crippen LogP contribution in [0.1, 0.15) is 309 Å². The van der Waals surface area contributed by atoms with Crippen LogP contribution in [-0.4, -0.2) is 98.3 Å². The number of carbonyl (C=O) groups excluding carboxylic acids is 2. The fourth-order valence-electron chi connectivity index (χ4n) is 10.1. The minimum atomic E-state index is -5.12. The summed E-state index contributed by atoms with van der Waals surface area (Å²) in [6.45, 7) is 3.39. The van der Waals surface area contributed by atoms with Crippen LogP contribution in [0, 0.1) is 0 Å². The number of unbranched alkanes of at least 4 members (excludes halogenated alkanes) is 42. The number of aliphatic hydroxyl groups excluding tert-OH is 5. The maximum absolute atomic E-state index is 12.9. The van der Waals surface area contributed by atoms with Crippen molar-refractivity contribution >= 4 is 19.8 Å². The first kappa shape index (κ1) is 69.9. The van der Waals surface area contributed by atoms with Gasteiger partial charge in [0.15, 0.2) is 6.10 Å². The number of phosphoric ester groups is 1. The van der Waals surface area contributed by atoms with Crippen molar-refractivity contribution in [2.75, 3.05) is 13.2 Å². The predicted molar refractivity (Wildman–Crippen MR) is 295 cm³/mol. The molecule has 73 heavy (non-hydrogen) atoms. The van der Waals surface area contributed by atoms with Gasteiger partial charge in [0.05, 0.1) is 6.61 Å². The Morgan fingerprint density at radius 3 is 0.904 bits per heavy atom. The molecule has 434 valence electrons. The van der Waals surface area contributed by atoms with Crippen LogP contribution in [0.25, 0.3) is 0 Å². The van der Waals surface area contributed by atoms with Crippen molar-refractivity contribution in [2.24, 2.45) is 0 Å². The predicted octanol–water partition coefficient (Wildman–Crippen LogP) is 14.7. The average molecular weight is 1060 g/mol. The molecule has 0 heterocycles. The fourth-order valence-corrected chi connectivity index (χ4v) is 11.0. The molecule has 8 atom stereocenters. The molecule has 6 unspecified atom stereocenters. The standard InChI is InChI=1S/C59H115O13P/c1-3-5-7-9-11-13-15-17-19-21-23-25-26-28-30-32-34-36-38-40-42-44-46-48-53(61)71-51(50-70-73(67,68)72-59-57(65)55(63)54(62)56(64)58(59)66)49-69-52(60)47-45-43-41-39-37-35-33-31-29-27-24-22-20-18-16-14-12-10-8-6-4-2/h51,54-59,62-66H,3-50H2,1-2H3,(H,67,68)/t51-,54?,55-,56?,57?,58?,59?/m1/s1. The summed E-state index contributed by atoms with van der Waals surface area (Å²) in [5, 5.41) is 50.4. The SMILES string of the molecule is CCCCCCCCCCCCCCCCCCCCCCCCCC(=O)O[C@H](COC(=O)CCCCCCCCCCCCCCCCCCCCCCC)COP(=O)(O)OC1C(O)C(O)C(O)[C@@H](O)C1O. The minimum Gasteiger partial charge on any atom is -0.462 e. The van der Waals surface area contributed by atoms with Gasteiger partial charge >= 0.3 is 19.8 Å². The molecule has 1 rings (SSSR count). The molecule has 0 aromatic rings. The number of carbonyl (C=O) groups is 2. The van der Waals surface area contributed by atoms with Gasteiger partial charge < -0.3 is 39.9 Å². The van der Waals surface area contributed by atoms with Crippen LogP contribution in [0.2, 0.25) is 0 Å². The lowest BCUT2D eigenvalue weighted by molar-refractivity contribution is -0.220. The van der Waals surface area contributed by atoms with Gasteiger partial charge in [-0.1, -0.05) is 284 Å². The smallest absolute Gasteiger partial charge is 0.462 e. The normalized spacial score (nSPS) is 20.3. The zero-order chi connectivity index (χ0) is 53.5. The summed E-state index contributed by atoms with van der Waals surface area (Å²) in [4.78, 5) is 36.0. The lowest BCUT2D eigenvalue weighted by atomic mass is 9.85. The molecule has 1 saturated carbocycles. The first-order valence-corrected chi connectivity index (χ1v) is 32.3. The van der Waals surface area contributed by atoms with Crippen LogP contribution in [-0.2, 0) is 32.7 Å². The Balaban J connectivity index is 2.28. The summed E-state index contributed by atoms with van der Waals surface area (Å²) >= 11 is 0. The number of esters is 2. The topological polar surface area (TPSA) is 210 Å². The maximum Gasteiger partial charge on any atom is 0.472 e. The van der Waals surface area contributed by atoms with Crippen LogP contribution in [0.4, 0.5) is 0 Å². The molecule has 1 aliphatic carbocycles. The third-order valence-corrected chi connectivity index (χ3v) is 15.9. The van der Waals surface area contributed by atoms with Crippen molar-refractivity contribution < 1.29 is 63.1 Å². The molecule has 0 aliphatic heterocycles. The molecule has 0 aromatic heterocycles. The van der Waals surface area contributed by atoms with Crippen LogP contribution in [0.5, 0.6) is 0 Å². The second kappa shape index (κ2) is 49.2. The van der Waals surface area contributed by atoms with Crippen molar-refractivity contribution in [1.82, 2.24) is 0 Å². The van der Waals surface area contributed by atoms with E-state index in [4.69, 9.17) is 18.5 Å². The van der Waals surface area contributed by atoms with E-state index in [2.05, 4.69) is 13.8 Å². The number of aliphatic hydroxyl groups is 5. The Bertz CT molecular complexity index is 1270. The summed E-state index contributed by atoms with van der Waals surface area (Å²) < 4.78 is 33.8. The number of hydrogen-bond acceptors (Lipinski definition) is 12. The highest BCUT2D eigenvalue weighted by Gasteiger charge is 2.51. The van der Waals surface area contributed by atoms with Gasteiger partial charge in [-0.25, -0.2) is 4.57 Å². The Labute approximate surface area is 446 Å². The fraction of sp³-hybridized carbons (Fsp3) is 0.966. The zero-order valence-corrected chi connectivity index (χ0v) is 47.9. The molecule has 6 N–H and O–H groups in total. The van der Waals surface area contributed by atoms with Gasteiger partial charge in [-0.3, -0.25) is 18.6 Å². The quantitative estimate of drug-likeness (QED) is 0.0191. The Hall–Kier alpha value is -1.15. The van der Waals surface area contributed by atoms with Crippen molar-refractivity contribution in [1.29, 1.82) is 0 Å². The zero-order valence-electron chi connectivity index (χ0n) is 47.0. The lowest BCUT2D eigenvalue weighted by Crippen LogP contribution is -2.64. The van der Waals surface area contributed by atoms with Gasteiger partial charge in [-0.2, -0.15) is 0 Å². The highest BCUT2D eigenvalue weighted by atomic mass is 31.2. The molecule has 0 radical (unpaired) electrons. The van der Waals surface area contributed by atoms with Gasteiger partial charge in [0.1, 0.15) is 43.2 Å². The van der Waals surface area contributed by atoms with Crippen molar-refractivity contribution in [3.63, 3.8) is 0 Å². The van der Waals surface area contributed by atoms with E-state index in [1.54, 1.807) is 0 Å². The molecular weight excluding hydrogens is 948 g/mol. The molecule has 0 saturated heterocycles. The maximum atomic E-state index is 12.9. The second-order valence-corrected chi connectivity index (χ2v) is 23.3. The average Bonchev–Trinajstić information content (AvgIpc) is 3.37. The number of ether oxygens (including phenoxy) is 2. The minimum absolute atomic E-state index is 0.106. The van der Waals surface area contributed by atoms with Gasteiger partial charge in [0.25, 0.3) is 0 Å². The largest absolute Gasteiger partial charge is 0.472 e. The van der Waals surface area contributed by atoms with Crippen LogP contribution in [0.3, 0.4) is 0 Å².